The van der Waals surface area contributed by atoms with Crippen LogP contribution in [0.25, 0.3) is 0 Å². The van der Waals surface area contributed by atoms with Gasteiger partial charge in [-0.1, -0.05) is 74.4 Å². The van der Waals surface area contributed by atoms with Crippen molar-refractivity contribution in [1.82, 2.24) is 0 Å². The Labute approximate surface area is 230 Å². The third-order valence-corrected chi connectivity index (χ3v) is 6.28. The number of rotatable bonds is 1. The molecule has 4 rings (SSSR count). The molecule has 0 atom stereocenters. The summed E-state index contributed by atoms with van der Waals surface area (Å²) in [5.74, 6) is 0. The molecule has 0 unspecified atom stereocenters. The van der Waals surface area contributed by atoms with E-state index in [0.29, 0.717) is 0 Å². The van der Waals surface area contributed by atoms with E-state index in [4.69, 9.17) is 0 Å². The van der Waals surface area contributed by atoms with Crippen molar-refractivity contribution in [3.05, 3.63) is 148 Å². The standard InChI is InChI=1S/2C9H13.C9H9.C7H7.Ti/c2*1-6-5-7(2)9(4)8(6)3;1-2-6-9-7-4-3-5-8-9;1-7-5-3-2-4-6-7;/h2*5H,1-4H3;2-5,7-8H,1H3;2-6H,1H2;/q4*-1;+4. The van der Waals surface area contributed by atoms with E-state index in [1.807, 2.05) is 73.7 Å². The van der Waals surface area contributed by atoms with Crippen molar-refractivity contribution in [3.8, 4) is 0 Å². The van der Waals surface area contributed by atoms with E-state index in [-0.39, 0.29) is 21.7 Å². The van der Waals surface area contributed by atoms with Crippen LogP contribution in [0.15, 0.2) is 78.9 Å². The zero-order chi connectivity index (χ0) is 25.7. The van der Waals surface area contributed by atoms with Crippen LogP contribution in [0.4, 0.5) is 0 Å². The Kier molecular flexibility index (Phi) is 15.8. The first-order valence-corrected chi connectivity index (χ1v) is 11.9. The summed E-state index contributed by atoms with van der Waals surface area (Å²) in [4.78, 5) is 0. The van der Waals surface area contributed by atoms with Gasteiger partial charge in [0.1, 0.15) is 0 Å². The second-order valence-electron chi connectivity index (χ2n) is 8.81. The zero-order valence-electron chi connectivity index (χ0n) is 23.2. The number of allylic oxidation sites excluding steroid dienone is 1. The Morgan fingerprint density at radius 1 is 0.571 bits per heavy atom. The minimum Gasteiger partial charge on any atom is -0.199 e. The molecule has 4 aromatic carbocycles. The van der Waals surface area contributed by atoms with Crippen LogP contribution in [0.5, 0.6) is 0 Å². The van der Waals surface area contributed by atoms with Crippen molar-refractivity contribution in [2.75, 3.05) is 0 Å². The minimum absolute atomic E-state index is 0. The third kappa shape index (κ3) is 11.6. The van der Waals surface area contributed by atoms with Gasteiger partial charge in [-0.3, -0.25) is 0 Å². The summed E-state index contributed by atoms with van der Waals surface area (Å²) in [7, 11) is 0. The molecule has 182 valence electrons. The molecule has 0 aromatic heterocycles. The Balaban J connectivity index is 0.000000438. The maximum absolute atomic E-state index is 3.72. The van der Waals surface area contributed by atoms with Gasteiger partial charge in [0, 0.05) is 0 Å². The summed E-state index contributed by atoms with van der Waals surface area (Å²) in [5.41, 5.74) is 13.7. The van der Waals surface area contributed by atoms with Gasteiger partial charge in [0.2, 0.25) is 0 Å². The van der Waals surface area contributed by atoms with E-state index in [2.05, 4.69) is 80.5 Å². The molecule has 0 aliphatic carbocycles. The van der Waals surface area contributed by atoms with E-state index in [0.717, 1.165) is 11.1 Å². The SMILES string of the molecule is CC=[C-]c1ccccc1.Cc1[cH-]c(C)c(C)c1C.Cc1[cH-]c(C)c(C)c1C.[CH2-]c1ccccc1.[Ti+4]. The van der Waals surface area contributed by atoms with Crippen molar-refractivity contribution in [3.63, 3.8) is 0 Å². The number of hydrogen-bond acceptors (Lipinski definition) is 0. The molecule has 1 heteroatoms. The molecule has 0 nitrogen and oxygen atoms in total. The molecule has 0 aliphatic heterocycles. The van der Waals surface area contributed by atoms with Crippen molar-refractivity contribution in [1.29, 1.82) is 0 Å². The summed E-state index contributed by atoms with van der Waals surface area (Å²) in [6, 6.07) is 24.4. The molecule has 4 aromatic rings. The summed E-state index contributed by atoms with van der Waals surface area (Å²) < 4.78 is 0. The first-order valence-electron chi connectivity index (χ1n) is 11.9. The van der Waals surface area contributed by atoms with Gasteiger partial charge >= 0.3 is 21.7 Å². The van der Waals surface area contributed by atoms with E-state index in [1.165, 1.54) is 44.5 Å². The fourth-order valence-electron chi connectivity index (χ4n) is 3.44. The van der Waals surface area contributed by atoms with Gasteiger partial charge in [0.25, 0.3) is 0 Å². The number of aryl methyl sites for hydroxylation is 4. The van der Waals surface area contributed by atoms with E-state index in [1.54, 1.807) is 0 Å². The average Bonchev–Trinajstić information content (AvgIpc) is 3.18. The Hall–Kier alpha value is -2.54. The average molecular weight is 499 g/mol. The maximum atomic E-state index is 3.72. The van der Waals surface area contributed by atoms with Crippen molar-refractivity contribution >= 4 is 0 Å². The molecule has 0 amide bonds. The van der Waals surface area contributed by atoms with Crippen molar-refractivity contribution in [2.45, 2.75) is 62.3 Å². The van der Waals surface area contributed by atoms with Gasteiger partial charge in [-0.2, -0.15) is 105 Å². The number of benzene rings is 2. The van der Waals surface area contributed by atoms with Crippen LogP contribution in [-0.4, -0.2) is 0 Å². The largest absolute Gasteiger partial charge is 4.00 e. The monoisotopic (exact) mass is 498 g/mol. The van der Waals surface area contributed by atoms with Crippen LogP contribution in [0.2, 0.25) is 0 Å². The predicted molar refractivity (Wildman–Crippen MR) is 152 cm³/mol. The second-order valence-corrected chi connectivity index (χ2v) is 8.81. The van der Waals surface area contributed by atoms with Crippen LogP contribution in [0.3, 0.4) is 0 Å². The van der Waals surface area contributed by atoms with E-state index < -0.39 is 0 Å². The van der Waals surface area contributed by atoms with E-state index >= 15 is 0 Å². The Bertz CT molecular complexity index is 1030. The molecule has 0 radical (unpaired) electrons. The molecule has 0 heterocycles. The summed E-state index contributed by atoms with van der Waals surface area (Å²) in [6.07, 6.45) is 4.99. The fraction of sp³-hybridized carbons (Fsp3) is 0.265. The van der Waals surface area contributed by atoms with Gasteiger partial charge in [-0.15, -0.1) is 30.3 Å². The van der Waals surface area contributed by atoms with Gasteiger partial charge in [-0.05, 0) is 0 Å². The van der Waals surface area contributed by atoms with Crippen LogP contribution >= 0.6 is 0 Å². The summed E-state index contributed by atoms with van der Waals surface area (Å²) >= 11 is 0. The smallest absolute Gasteiger partial charge is 0.199 e. The maximum Gasteiger partial charge on any atom is 4.00 e. The van der Waals surface area contributed by atoms with Gasteiger partial charge < -0.3 is 0 Å². The van der Waals surface area contributed by atoms with Crippen molar-refractivity contribution in [2.24, 2.45) is 0 Å². The summed E-state index contributed by atoms with van der Waals surface area (Å²) in [5, 5.41) is 0. The molecule has 0 fully saturated rings. The Morgan fingerprint density at radius 3 is 1.09 bits per heavy atom. The number of hydrogen-bond donors (Lipinski definition) is 0. The molecule has 0 spiro atoms. The van der Waals surface area contributed by atoms with Crippen LogP contribution in [0.1, 0.15) is 62.6 Å². The Morgan fingerprint density at radius 2 is 0.886 bits per heavy atom. The topological polar surface area (TPSA) is 0 Å². The molecule has 0 saturated heterocycles. The van der Waals surface area contributed by atoms with Gasteiger partial charge in [-0.25, -0.2) is 0 Å². The van der Waals surface area contributed by atoms with Crippen LogP contribution < -0.4 is 0 Å². The quantitative estimate of drug-likeness (QED) is 0.181. The second kappa shape index (κ2) is 17.0. The van der Waals surface area contributed by atoms with Crippen molar-refractivity contribution < 1.29 is 21.7 Å². The third-order valence-electron chi connectivity index (χ3n) is 6.28. The normalized spacial score (nSPS) is 9.63. The predicted octanol–water partition coefficient (Wildman–Crippen LogP) is 9.56. The fourth-order valence-corrected chi connectivity index (χ4v) is 3.44. The van der Waals surface area contributed by atoms with Gasteiger partial charge in [0.05, 0.1) is 0 Å². The molecule has 0 bridgehead atoms. The molecule has 0 saturated carbocycles. The minimum atomic E-state index is 0. The van der Waals surface area contributed by atoms with Crippen LogP contribution in [0, 0.1) is 68.4 Å². The molecule has 0 aliphatic rings. The first-order chi connectivity index (χ1) is 16.1. The molecule has 0 N–H and O–H groups in total. The van der Waals surface area contributed by atoms with E-state index in [9.17, 15) is 0 Å². The molecular formula is C34H42Ti. The molecular weight excluding hydrogens is 456 g/mol. The van der Waals surface area contributed by atoms with Crippen LogP contribution in [-0.2, 0) is 21.7 Å². The molecule has 35 heavy (non-hydrogen) atoms. The first kappa shape index (κ1) is 32.5. The van der Waals surface area contributed by atoms with Gasteiger partial charge in [0.15, 0.2) is 0 Å². The summed E-state index contributed by atoms with van der Waals surface area (Å²) in [6.45, 7) is 23.0. The zero-order valence-corrected chi connectivity index (χ0v) is 24.8.